The smallest absolute Gasteiger partial charge is 0.415 e. The van der Waals surface area contributed by atoms with Gasteiger partial charge in [0.25, 0.3) is 0 Å². The average molecular weight is 308 g/mol. The average Bonchev–Trinajstić information content (AvgIpc) is 2.44. The lowest BCUT2D eigenvalue weighted by molar-refractivity contribution is -0.140. The maximum atomic E-state index is 12.4. The van der Waals surface area contributed by atoms with Crippen molar-refractivity contribution in [1.82, 2.24) is 10.2 Å². The summed E-state index contributed by atoms with van der Waals surface area (Å²) in [6.07, 6.45) is 5.59. The first-order chi connectivity index (χ1) is 10.3. The number of rotatable bonds is 2. The highest BCUT2D eigenvalue weighted by atomic mass is 16.6. The zero-order valence-corrected chi connectivity index (χ0v) is 13.6. The summed E-state index contributed by atoms with van der Waals surface area (Å²) in [5, 5.41) is 3.25. The van der Waals surface area contributed by atoms with E-state index in [0.29, 0.717) is 6.54 Å². The van der Waals surface area contributed by atoms with Crippen molar-refractivity contribution in [2.24, 2.45) is 0 Å². The summed E-state index contributed by atoms with van der Waals surface area (Å²) in [6.45, 7) is 6.15. The molecule has 2 rings (SSSR count). The molecule has 0 spiro atoms. The molecular formula is C16H24N2O4. The standard InChI is InChI=1S/C16H24N2O4/c1-16(2,3)22-15(20)18-9-5-6-11-7-8-12(17-14(11)18)10-13(19)21-4/h7-8,12,17H,5-6,9-10H2,1-4H3/t12-/m1/s1. The molecule has 0 aromatic rings. The number of carbonyl (C=O) groups excluding carboxylic acids is 2. The van der Waals surface area contributed by atoms with Gasteiger partial charge < -0.3 is 14.8 Å². The van der Waals surface area contributed by atoms with Gasteiger partial charge in [-0.1, -0.05) is 12.2 Å². The fraction of sp³-hybridized carbons (Fsp3) is 0.625. The van der Waals surface area contributed by atoms with Gasteiger partial charge in [-0.25, -0.2) is 4.79 Å². The molecule has 2 aliphatic heterocycles. The van der Waals surface area contributed by atoms with Crippen molar-refractivity contribution in [1.29, 1.82) is 0 Å². The van der Waals surface area contributed by atoms with Gasteiger partial charge in [0.1, 0.15) is 11.4 Å². The molecular weight excluding hydrogens is 284 g/mol. The minimum absolute atomic E-state index is 0.172. The molecule has 6 heteroatoms. The van der Waals surface area contributed by atoms with Crippen molar-refractivity contribution in [2.45, 2.75) is 51.7 Å². The number of nitrogens with one attached hydrogen (secondary N) is 1. The first-order valence-electron chi connectivity index (χ1n) is 7.55. The summed E-state index contributed by atoms with van der Waals surface area (Å²) in [4.78, 5) is 25.4. The summed E-state index contributed by atoms with van der Waals surface area (Å²) in [5.41, 5.74) is 0.531. The highest BCUT2D eigenvalue weighted by Gasteiger charge is 2.31. The maximum absolute atomic E-state index is 12.4. The number of esters is 1. The van der Waals surface area contributed by atoms with Crippen LogP contribution in [0.3, 0.4) is 0 Å². The summed E-state index contributed by atoms with van der Waals surface area (Å²) in [7, 11) is 1.37. The van der Waals surface area contributed by atoms with Crippen molar-refractivity contribution in [2.75, 3.05) is 13.7 Å². The van der Waals surface area contributed by atoms with Gasteiger partial charge >= 0.3 is 12.1 Å². The predicted octanol–water partition coefficient (Wildman–Crippen LogP) is 2.32. The SMILES string of the molecule is COC(=O)C[C@H]1C=CC2=C(N1)N(C(=O)OC(C)(C)C)CCC2. The quantitative estimate of drug-likeness (QED) is 0.793. The number of amides is 1. The van der Waals surface area contributed by atoms with Crippen LogP contribution in [0.15, 0.2) is 23.5 Å². The van der Waals surface area contributed by atoms with Crippen molar-refractivity contribution < 1.29 is 19.1 Å². The third-order valence-corrected chi connectivity index (χ3v) is 3.48. The van der Waals surface area contributed by atoms with Crippen molar-refractivity contribution >= 4 is 12.1 Å². The highest BCUT2D eigenvalue weighted by molar-refractivity contribution is 5.72. The summed E-state index contributed by atoms with van der Waals surface area (Å²) >= 11 is 0. The van der Waals surface area contributed by atoms with Crippen LogP contribution in [0.1, 0.15) is 40.0 Å². The van der Waals surface area contributed by atoms with Gasteiger partial charge in [-0.05, 0) is 39.2 Å². The van der Waals surface area contributed by atoms with Gasteiger partial charge in [0.05, 0.1) is 19.6 Å². The molecule has 0 fully saturated rings. The second-order valence-corrected chi connectivity index (χ2v) is 6.50. The molecule has 0 radical (unpaired) electrons. The molecule has 2 heterocycles. The van der Waals surface area contributed by atoms with Crippen molar-refractivity contribution in [3.63, 3.8) is 0 Å². The summed E-state index contributed by atoms with van der Waals surface area (Å²) in [5.74, 6) is 0.461. The third kappa shape index (κ3) is 4.02. The van der Waals surface area contributed by atoms with E-state index in [-0.39, 0.29) is 24.5 Å². The number of nitrogens with zero attached hydrogens (tertiary/aromatic N) is 1. The Bertz CT molecular complexity index is 517. The Labute approximate surface area is 131 Å². The van der Waals surface area contributed by atoms with Crippen LogP contribution in [0.4, 0.5) is 4.79 Å². The monoisotopic (exact) mass is 308 g/mol. The molecule has 0 saturated carbocycles. The fourth-order valence-electron chi connectivity index (χ4n) is 2.50. The Balaban J connectivity index is 2.12. The molecule has 2 aliphatic rings. The lowest BCUT2D eigenvalue weighted by Gasteiger charge is -2.36. The first kappa shape index (κ1) is 16.4. The molecule has 22 heavy (non-hydrogen) atoms. The maximum Gasteiger partial charge on any atom is 0.415 e. The van der Waals surface area contributed by atoms with Crippen LogP contribution in [-0.4, -0.2) is 42.3 Å². The molecule has 6 nitrogen and oxygen atoms in total. The van der Waals surface area contributed by atoms with E-state index < -0.39 is 5.60 Å². The zero-order chi connectivity index (χ0) is 16.3. The van der Waals surface area contributed by atoms with Crippen molar-refractivity contribution in [3.05, 3.63) is 23.5 Å². The molecule has 0 saturated heterocycles. The highest BCUT2D eigenvalue weighted by Crippen LogP contribution is 2.27. The Hall–Kier alpha value is -1.98. The number of dihydropyridines is 1. The number of ether oxygens (including phenoxy) is 2. The minimum Gasteiger partial charge on any atom is -0.469 e. The van der Waals surface area contributed by atoms with E-state index in [9.17, 15) is 9.59 Å². The van der Waals surface area contributed by atoms with Crippen LogP contribution < -0.4 is 5.32 Å². The van der Waals surface area contributed by atoms with Crippen molar-refractivity contribution in [3.8, 4) is 0 Å². The predicted molar refractivity (Wildman–Crippen MR) is 81.9 cm³/mol. The van der Waals surface area contributed by atoms with Gasteiger partial charge in [0.2, 0.25) is 0 Å². The lowest BCUT2D eigenvalue weighted by atomic mass is 9.99. The van der Waals surface area contributed by atoms with E-state index in [4.69, 9.17) is 9.47 Å². The largest absolute Gasteiger partial charge is 0.469 e. The second kappa shape index (κ2) is 6.42. The van der Waals surface area contributed by atoms with Gasteiger partial charge in [-0.3, -0.25) is 9.69 Å². The lowest BCUT2D eigenvalue weighted by Crippen LogP contribution is -2.47. The van der Waals surface area contributed by atoms with E-state index >= 15 is 0 Å². The Morgan fingerprint density at radius 2 is 2.14 bits per heavy atom. The molecule has 1 amide bonds. The summed E-state index contributed by atoms with van der Waals surface area (Å²) < 4.78 is 10.2. The van der Waals surface area contributed by atoms with Gasteiger partial charge in [-0.15, -0.1) is 0 Å². The van der Waals surface area contributed by atoms with Crippen LogP contribution in [0, 0.1) is 0 Å². The van der Waals surface area contributed by atoms with Crippen LogP contribution in [0.25, 0.3) is 0 Å². The number of hydrogen-bond donors (Lipinski definition) is 1. The van der Waals surface area contributed by atoms with Gasteiger partial charge in [0, 0.05) is 6.54 Å². The molecule has 0 aliphatic carbocycles. The topological polar surface area (TPSA) is 67.9 Å². The fourth-order valence-corrected chi connectivity index (χ4v) is 2.50. The first-order valence-corrected chi connectivity index (χ1v) is 7.55. The van der Waals surface area contributed by atoms with Gasteiger partial charge in [0.15, 0.2) is 0 Å². The van der Waals surface area contributed by atoms with Crippen LogP contribution in [0.5, 0.6) is 0 Å². The van der Waals surface area contributed by atoms with E-state index in [1.807, 2.05) is 32.9 Å². The van der Waals surface area contributed by atoms with E-state index in [0.717, 1.165) is 24.2 Å². The zero-order valence-electron chi connectivity index (χ0n) is 13.6. The third-order valence-electron chi connectivity index (χ3n) is 3.48. The molecule has 0 aromatic carbocycles. The second-order valence-electron chi connectivity index (χ2n) is 6.50. The van der Waals surface area contributed by atoms with Crippen LogP contribution in [0.2, 0.25) is 0 Å². The Kier molecular flexibility index (Phi) is 4.78. The van der Waals surface area contributed by atoms with E-state index in [1.54, 1.807) is 4.90 Å². The molecule has 0 unspecified atom stereocenters. The Morgan fingerprint density at radius 1 is 1.41 bits per heavy atom. The van der Waals surface area contributed by atoms with Gasteiger partial charge in [-0.2, -0.15) is 0 Å². The number of methoxy groups -OCH3 is 1. The molecule has 0 aromatic heterocycles. The number of carbonyl (C=O) groups is 2. The molecule has 122 valence electrons. The summed E-state index contributed by atoms with van der Waals surface area (Å²) in [6, 6.07) is -0.172. The van der Waals surface area contributed by atoms with E-state index in [1.165, 1.54) is 7.11 Å². The van der Waals surface area contributed by atoms with Crippen LogP contribution >= 0.6 is 0 Å². The molecule has 1 N–H and O–H groups in total. The van der Waals surface area contributed by atoms with Crippen LogP contribution in [-0.2, 0) is 14.3 Å². The molecule has 0 bridgehead atoms. The Morgan fingerprint density at radius 3 is 2.77 bits per heavy atom. The van der Waals surface area contributed by atoms with E-state index in [2.05, 4.69) is 5.32 Å². The number of hydrogen-bond acceptors (Lipinski definition) is 5. The molecule has 1 atom stereocenters. The normalized spacial score (nSPS) is 21.1. The minimum atomic E-state index is -0.537. The number of allylic oxidation sites excluding steroid dienone is 2.